The Kier molecular flexibility index (Phi) is 1.75. The molecule has 4 heteroatoms. The number of nitrogens with zero attached hydrogens (tertiary/aromatic N) is 3. The summed E-state index contributed by atoms with van der Waals surface area (Å²) in [7, 11) is 0. The van der Waals surface area contributed by atoms with E-state index in [4.69, 9.17) is 0 Å². The average Bonchev–Trinajstić information content (AvgIpc) is 2.12. The van der Waals surface area contributed by atoms with Gasteiger partial charge < -0.3 is 4.57 Å². The van der Waals surface area contributed by atoms with Gasteiger partial charge in [-0.3, -0.25) is 0 Å². The van der Waals surface area contributed by atoms with Gasteiger partial charge in [-0.1, -0.05) is 0 Å². The Morgan fingerprint density at radius 2 is 2.22 bits per heavy atom. The molecule has 0 aromatic carbocycles. The molecule has 0 saturated carbocycles. The van der Waals surface area contributed by atoms with Crippen LogP contribution < -0.4 is 0 Å². The van der Waals surface area contributed by atoms with Crippen LogP contribution >= 0.6 is 12.6 Å². The van der Waals surface area contributed by atoms with Gasteiger partial charge in [0.25, 0.3) is 0 Å². The van der Waals surface area contributed by atoms with E-state index in [0.717, 1.165) is 12.4 Å². The Morgan fingerprint density at radius 1 is 1.56 bits per heavy atom. The van der Waals surface area contributed by atoms with Gasteiger partial charge in [-0.15, -0.1) is 22.8 Å². The second-order valence-corrected chi connectivity index (χ2v) is 2.19. The summed E-state index contributed by atoms with van der Waals surface area (Å²) in [5, 5.41) is 8.28. The van der Waals surface area contributed by atoms with Gasteiger partial charge in [0.05, 0.1) is 0 Å². The first kappa shape index (κ1) is 6.61. The Labute approximate surface area is 59.5 Å². The van der Waals surface area contributed by atoms with Crippen LogP contribution in [0.4, 0.5) is 0 Å². The highest BCUT2D eigenvalue weighted by atomic mass is 32.1. The molecule has 1 heterocycles. The number of thiol groups is 1. The molecule has 1 aromatic heterocycles. The van der Waals surface area contributed by atoms with Crippen LogP contribution in [-0.2, 0) is 6.54 Å². The van der Waals surface area contributed by atoms with Crippen LogP contribution in [0.1, 0.15) is 12.7 Å². The first-order chi connectivity index (χ1) is 4.25. The lowest BCUT2D eigenvalue weighted by Crippen LogP contribution is -1.96. The highest BCUT2D eigenvalue weighted by Crippen LogP contribution is 2.03. The number of rotatable bonds is 1. The zero-order chi connectivity index (χ0) is 6.85. The maximum atomic E-state index is 4.09. The summed E-state index contributed by atoms with van der Waals surface area (Å²) < 4.78 is 1.93. The van der Waals surface area contributed by atoms with Crippen molar-refractivity contribution < 1.29 is 0 Å². The molecular weight excluding hydrogens is 134 g/mol. The Balaban J connectivity index is 3.07. The maximum absolute atomic E-state index is 4.09. The van der Waals surface area contributed by atoms with Crippen LogP contribution in [0.25, 0.3) is 0 Å². The molecule has 0 radical (unpaired) electrons. The smallest absolute Gasteiger partial charge is 0.188 e. The summed E-state index contributed by atoms with van der Waals surface area (Å²) in [5.41, 5.74) is 0. The van der Waals surface area contributed by atoms with E-state index < -0.39 is 0 Å². The molecule has 50 valence electrons. The molecule has 0 aliphatic rings. The van der Waals surface area contributed by atoms with Crippen molar-refractivity contribution in [1.82, 2.24) is 14.8 Å². The molecule has 1 aromatic rings. The second-order valence-electron chi connectivity index (χ2n) is 1.79. The van der Waals surface area contributed by atoms with Crippen molar-refractivity contribution in [3.63, 3.8) is 0 Å². The standard InChI is InChI=1S/C5H9N3S/c1-3-8-4(2)6-7-5(8)9/h3H2,1-2H3,(H,7,9). The second kappa shape index (κ2) is 2.39. The quantitative estimate of drug-likeness (QED) is 0.592. The molecule has 0 aliphatic carbocycles. The SMILES string of the molecule is CCn1c(C)nnc1S. The fourth-order valence-corrected chi connectivity index (χ4v) is 1.07. The van der Waals surface area contributed by atoms with E-state index in [1.54, 1.807) is 0 Å². The molecule has 0 fully saturated rings. The zero-order valence-corrected chi connectivity index (χ0v) is 6.39. The van der Waals surface area contributed by atoms with Crippen LogP contribution in [-0.4, -0.2) is 14.8 Å². The topological polar surface area (TPSA) is 30.7 Å². The van der Waals surface area contributed by atoms with Gasteiger partial charge >= 0.3 is 0 Å². The molecule has 0 atom stereocenters. The van der Waals surface area contributed by atoms with Crippen molar-refractivity contribution in [3.05, 3.63) is 5.82 Å². The van der Waals surface area contributed by atoms with Crippen molar-refractivity contribution in [1.29, 1.82) is 0 Å². The molecule has 0 amide bonds. The summed E-state index contributed by atoms with van der Waals surface area (Å²) in [6.07, 6.45) is 0. The average molecular weight is 143 g/mol. The normalized spacial score (nSPS) is 10.1. The summed E-state index contributed by atoms with van der Waals surface area (Å²) in [6, 6.07) is 0. The lowest BCUT2D eigenvalue weighted by Gasteiger charge is -1.97. The Hall–Kier alpha value is -0.510. The van der Waals surface area contributed by atoms with Gasteiger partial charge in [-0.05, 0) is 13.8 Å². The third kappa shape index (κ3) is 1.08. The lowest BCUT2D eigenvalue weighted by molar-refractivity contribution is 0.664. The van der Waals surface area contributed by atoms with Crippen molar-refractivity contribution in [2.24, 2.45) is 0 Å². The summed E-state index contributed by atoms with van der Waals surface area (Å²) in [6.45, 7) is 4.84. The van der Waals surface area contributed by atoms with Gasteiger partial charge in [-0.25, -0.2) is 0 Å². The van der Waals surface area contributed by atoms with Gasteiger partial charge in [0.15, 0.2) is 5.16 Å². The summed E-state index contributed by atoms with van der Waals surface area (Å²) in [5.74, 6) is 0.919. The number of aromatic nitrogens is 3. The van der Waals surface area contributed by atoms with E-state index in [-0.39, 0.29) is 0 Å². The van der Waals surface area contributed by atoms with Crippen molar-refractivity contribution in [2.45, 2.75) is 25.5 Å². The predicted molar refractivity (Wildman–Crippen MR) is 37.7 cm³/mol. The Morgan fingerprint density at radius 3 is 2.44 bits per heavy atom. The highest BCUT2D eigenvalue weighted by molar-refractivity contribution is 7.80. The van der Waals surface area contributed by atoms with Crippen LogP contribution in [0.15, 0.2) is 5.16 Å². The van der Waals surface area contributed by atoms with E-state index in [1.165, 1.54) is 0 Å². The van der Waals surface area contributed by atoms with Crippen molar-refractivity contribution in [3.8, 4) is 0 Å². The fraction of sp³-hybridized carbons (Fsp3) is 0.600. The zero-order valence-electron chi connectivity index (χ0n) is 5.50. The molecular formula is C5H9N3S. The van der Waals surface area contributed by atoms with E-state index in [1.807, 2.05) is 18.4 Å². The molecule has 1 rings (SSSR count). The first-order valence-electron chi connectivity index (χ1n) is 2.84. The third-order valence-electron chi connectivity index (χ3n) is 1.23. The molecule has 0 bridgehead atoms. The van der Waals surface area contributed by atoms with Gasteiger partial charge in [0.2, 0.25) is 0 Å². The third-order valence-corrected chi connectivity index (χ3v) is 1.56. The number of hydrogen-bond donors (Lipinski definition) is 1. The van der Waals surface area contributed by atoms with E-state index >= 15 is 0 Å². The highest BCUT2D eigenvalue weighted by Gasteiger charge is 1.99. The summed E-state index contributed by atoms with van der Waals surface area (Å²) in [4.78, 5) is 0. The van der Waals surface area contributed by atoms with Crippen LogP contribution in [0.3, 0.4) is 0 Å². The van der Waals surface area contributed by atoms with E-state index in [0.29, 0.717) is 5.16 Å². The molecule has 3 nitrogen and oxygen atoms in total. The monoisotopic (exact) mass is 143 g/mol. The molecule has 0 saturated heterocycles. The van der Waals surface area contributed by atoms with E-state index in [2.05, 4.69) is 22.8 Å². The first-order valence-corrected chi connectivity index (χ1v) is 3.29. The minimum absolute atomic E-state index is 0.690. The Bertz CT molecular complexity index is 186. The van der Waals surface area contributed by atoms with Crippen molar-refractivity contribution >= 4 is 12.6 Å². The molecule has 9 heavy (non-hydrogen) atoms. The van der Waals surface area contributed by atoms with Gasteiger partial charge in [0.1, 0.15) is 5.82 Å². The lowest BCUT2D eigenvalue weighted by atomic mass is 10.6. The molecule has 0 unspecified atom stereocenters. The fourth-order valence-electron chi connectivity index (χ4n) is 0.740. The maximum Gasteiger partial charge on any atom is 0.188 e. The summed E-state index contributed by atoms with van der Waals surface area (Å²) >= 11 is 4.09. The van der Waals surface area contributed by atoms with Crippen LogP contribution in [0.5, 0.6) is 0 Å². The number of hydrogen-bond acceptors (Lipinski definition) is 3. The van der Waals surface area contributed by atoms with Crippen molar-refractivity contribution in [2.75, 3.05) is 0 Å². The van der Waals surface area contributed by atoms with E-state index in [9.17, 15) is 0 Å². The predicted octanol–water partition coefficient (Wildman–Crippen LogP) is 0.895. The van der Waals surface area contributed by atoms with Crippen LogP contribution in [0.2, 0.25) is 0 Å². The molecule has 0 spiro atoms. The largest absolute Gasteiger partial charge is 0.307 e. The molecule has 0 aliphatic heterocycles. The minimum Gasteiger partial charge on any atom is -0.307 e. The van der Waals surface area contributed by atoms with Gasteiger partial charge in [-0.2, -0.15) is 0 Å². The minimum atomic E-state index is 0.690. The molecule has 0 N–H and O–H groups in total. The van der Waals surface area contributed by atoms with Crippen LogP contribution in [0, 0.1) is 6.92 Å². The number of aryl methyl sites for hydroxylation is 1. The van der Waals surface area contributed by atoms with Gasteiger partial charge in [0, 0.05) is 6.54 Å².